The van der Waals surface area contributed by atoms with Crippen LogP contribution in [0.3, 0.4) is 0 Å². The van der Waals surface area contributed by atoms with E-state index in [9.17, 15) is 0 Å². The molecule has 1 heterocycles. The first-order chi connectivity index (χ1) is 9.31. The van der Waals surface area contributed by atoms with Crippen LogP contribution in [-0.2, 0) is 0 Å². The van der Waals surface area contributed by atoms with Gasteiger partial charge in [-0.25, -0.2) is 0 Å². The molecule has 3 heteroatoms. The molecule has 0 spiro atoms. The predicted molar refractivity (Wildman–Crippen MR) is 82.6 cm³/mol. The molecule has 1 saturated heterocycles. The maximum absolute atomic E-state index is 3.34. The van der Waals surface area contributed by atoms with Crippen LogP contribution in [0.5, 0.6) is 0 Å². The minimum Gasteiger partial charge on any atom is -0.320 e. The van der Waals surface area contributed by atoms with Gasteiger partial charge in [-0.2, -0.15) is 0 Å². The summed E-state index contributed by atoms with van der Waals surface area (Å²) >= 11 is 0. The zero-order valence-electron chi connectivity index (χ0n) is 13.0. The highest BCUT2D eigenvalue weighted by molar-refractivity contribution is 4.85. The number of likely N-dealkylation sites (N-methyl/N-ethyl adjacent to an activating group) is 1. The summed E-state index contributed by atoms with van der Waals surface area (Å²) in [5.74, 6) is 0. The van der Waals surface area contributed by atoms with E-state index < -0.39 is 0 Å². The van der Waals surface area contributed by atoms with Gasteiger partial charge in [-0.3, -0.25) is 4.90 Å². The molecule has 2 rings (SSSR count). The number of hydrogen-bond donors (Lipinski definition) is 1. The highest BCUT2D eigenvalue weighted by Gasteiger charge is 2.29. The van der Waals surface area contributed by atoms with Crippen molar-refractivity contribution in [3.8, 4) is 0 Å². The molecule has 0 aromatic rings. The highest BCUT2D eigenvalue weighted by atomic mass is 15.2. The summed E-state index contributed by atoms with van der Waals surface area (Å²) in [6.07, 6.45) is 11.4. The fourth-order valence-electron chi connectivity index (χ4n) is 3.90. The van der Waals surface area contributed by atoms with Crippen molar-refractivity contribution in [2.24, 2.45) is 0 Å². The van der Waals surface area contributed by atoms with Crippen molar-refractivity contribution in [1.29, 1.82) is 0 Å². The van der Waals surface area contributed by atoms with E-state index >= 15 is 0 Å². The number of nitrogens with one attached hydrogen (secondary N) is 1. The van der Waals surface area contributed by atoms with E-state index in [0.717, 1.165) is 18.6 Å². The van der Waals surface area contributed by atoms with Crippen LogP contribution in [0.2, 0.25) is 0 Å². The van der Waals surface area contributed by atoms with Gasteiger partial charge in [0.2, 0.25) is 0 Å². The lowest BCUT2D eigenvalue weighted by Crippen LogP contribution is -2.47. The van der Waals surface area contributed by atoms with Gasteiger partial charge in [0.25, 0.3) is 0 Å². The Balaban J connectivity index is 1.98. The second-order valence-electron chi connectivity index (χ2n) is 6.55. The molecule has 0 aromatic carbocycles. The van der Waals surface area contributed by atoms with Crippen molar-refractivity contribution >= 4 is 0 Å². The monoisotopic (exact) mass is 267 g/mol. The van der Waals surface area contributed by atoms with Crippen molar-refractivity contribution in [3.05, 3.63) is 0 Å². The van der Waals surface area contributed by atoms with Gasteiger partial charge in [-0.05, 0) is 59.4 Å². The molecule has 2 fully saturated rings. The van der Waals surface area contributed by atoms with Crippen LogP contribution in [0, 0.1) is 0 Å². The SMILES string of the molecule is CNCCC1CN(C)CCCN1C1CCCCCC1. The normalized spacial score (nSPS) is 29.1. The average molecular weight is 267 g/mol. The zero-order chi connectivity index (χ0) is 13.5. The van der Waals surface area contributed by atoms with Gasteiger partial charge < -0.3 is 10.2 Å². The van der Waals surface area contributed by atoms with Gasteiger partial charge in [-0.1, -0.05) is 25.7 Å². The molecule has 3 nitrogen and oxygen atoms in total. The van der Waals surface area contributed by atoms with E-state index in [1.54, 1.807) is 0 Å². The first-order valence-electron chi connectivity index (χ1n) is 8.40. The number of hydrogen-bond acceptors (Lipinski definition) is 3. The smallest absolute Gasteiger partial charge is 0.0238 e. The maximum atomic E-state index is 3.34. The van der Waals surface area contributed by atoms with E-state index in [1.165, 1.54) is 71.0 Å². The molecule has 1 saturated carbocycles. The van der Waals surface area contributed by atoms with Gasteiger partial charge in [-0.15, -0.1) is 0 Å². The molecule has 1 N–H and O–H groups in total. The molecular weight excluding hydrogens is 234 g/mol. The van der Waals surface area contributed by atoms with Crippen LogP contribution in [0.15, 0.2) is 0 Å². The fraction of sp³-hybridized carbons (Fsp3) is 1.00. The van der Waals surface area contributed by atoms with Gasteiger partial charge in [0.15, 0.2) is 0 Å². The van der Waals surface area contributed by atoms with Gasteiger partial charge in [0.05, 0.1) is 0 Å². The summed E-state index contributed by atoms with van der Waals surface area (Å²) in [6, 6.07) is 1.64. The van der Waals surface area contributed by atoms with E-state index in [1.807, 2.05) is 0 Å². The molecule has 1 unspecified atom stereocenters. The van der Waals surface area contributed by atoms with Crippen molar-refractivity contribution in [2.75, 3.05) is 40.3 Å². The van der Waals surface area contributed by atoms with Crippen LogP contribution in [0.4, 0.5) is 0 Å². The molecule has 0 aromatic heterocycles. The lowest BCUT2D eigenvalue weighted by Gasteiger charge is -2.37. The number of nitrogens with zero attached hydrogens (tertiary/aromatic N) is 2. The van der Waals surface area contributed by atoms with Gasteiger partial charge >= 0.3 is 0 Å². The Labute approximate surface area is 119 Å². The first kappa shape index (κ1) is 15.3. The van der Waals surface area contributed by atoms with Gasteiger partial charge in [0, 0.05) is 18.6 Å². The minimum atomic E-state index is 0.767. The Hall–Kier alpha value is -0.120. The molecule has 0 amide bonds. The van der Waals surface area contributed by atoms with Crippen LogP contribution in [0.1, 0.15) is 51.4 Å². The largest absolute Gasteiger partial charge is 0.320 e. The van der Waals surface area contributed by atoms with Crippen molar-refractivity contribution in [2.45, 2.75) is 63.5 Å². The van der Waals surface area contributed by atoms with Crippen molar-refractivity contribution in [1.82, 2.24) is 15.1 Å². The Morgan fingerprint density at radius 2 is 1.74 bits per heavy atom. The third-order valence-electron chi connectivity index (χ3n) is 4.97. The highest BCUT2D eigenvalue weighted by Crippen LogP contribution is 2.26. The minimum absolute atomic E-state index is 0.767. The lowest BCUT2D eigenvalue weighted by atomic mass is 10.0. The Kier molecular flexibility index (Phi) is 6.62. The summed E-state index contributed by atoms with van der Waals surface area (Å²) in [5, 5.41) is 3.34. The average Bonchev–Trinajstić information content (AvgIpc) is 2.76. The third kappa shape index (κ3) is 4.73. The summed E-state index contributed by atoms with van der Waals surface area (Å²) < 4.78 is 0. The summed E-state index contributed by atoms with van der Waals surface area (Å²) in [5.41, 5.74) is 0. The third-order valence-corrected chi connectivity index (χ3v) is 4.97. The van der Waals surface area contributed by atoms with Crippen LogP contribution in [0.25, 0.3) is 0 Å². The molecule has 112 valence electrons. The maximum Gasteiger partial charge on any atom is 0.0238 e. The Morgan fingerprint density at radius 1 is 1.00 bits per heavy atom. The van der Waals surface area contributed by atoms with E-state index in [2.05, 4.69) is 29.2 Å². The van der Waals surface area contributed by atoms with E-state index in [-0.39, 0.29) is 0 Å². The molecule has 1 aliphatic heterocycles. The summed E-state index contributed by atoms with van der Waals surface area (Å²) in [4.78, 5) is 5.42. The summed E-state index contributed by atoms with van der Waals surface area (Å²) in [7, 11) is 4.37. The number of rotatable bonds is 4. The Morgan fingerprint density at radius 3 is 2.42 bits per heavy atom. The van der Waals surface area contributed by atoms with Crippen LogP contribution in [-0.4, -0.2) is 62.2 Å². The molecule has 19 heavy (non-hydrogen) atoms. The first-order valence-corrected chi connectivity index (χ1v) is 8.40. The van der Waals surface area contributed by atoms with Crippen LogP contribution >= 0.6 is 0 Å². The summed E-state index contributed by atoms with van der Waals surface area (Å²) in [6.45, 7) is 5.02. The lowest BCUT2D eigenvalue weighted by molar-refractivity contribution is 0.113. The van der Waals surface area contributed by atoms with Gasteiger partial charge in [0.1, 0.15) is 0 Å². The zero-order valence-corrected chi connectivity index (χ0v) is 13.0. The molecular formula is C16H33N3. The predicted octanol–water partition coefficient (Wildman–Crippen LogP) is 2.32. The topological polar surface area (TPSA) is 18.5 Å². The second-order valence-corrected chi connectivity index (χ2v) is 6.55. The van der Waals surface area contributed by atoms with E-state index in [4.69, 9.17) is 0 Å². The standard InChI is InChI=1S/C16H33N3/c1-17-11-10-16-14-18(2)12-7-13-19(16)15-8-5-3-4-6-9-15/h15-17H,3-14H2,1-2H3. The second kappa shape index (κ2) is 8.23. The van der Waals surface area contributed by atoms with Crippen LogP contribution < -0.4 is 5.32 Å². The molecule has 0 radical (unpaired) electrons. The van der Waals surface area contributed by atoms with Crippen molar-refractivity contribution < 1.29 is 0 Å². The molecule has 0 bridgehead atoms. The fourth-order valence-corrected chi connectivity index (χ4v) is 3.90. The molecule has 1 aliphatic carbocycles. The molecule has 1 atom stereocenters. The molecule has 2 aliphatic rings. The Bertz CT molecular complexity index is 236. The quantitative estimate of drug-likeness (QED) is 0.789. The van der Waals surface area contributed by atoms with E-state index in [0.29, 0.717) is 0 Å². The van der Waals surface area contributed by atoms with Crippen molar-refractivity contribution in [3.63, 3.8) is 0 Å².